The third-order valence-electron chi connectivity index (χ3n) is 3.18. The van der Waals surface area contributed by atoms with Crippen LogP contribution in [-0.2, 0) is 6.42 Å². The van der Waals surface area contributed by atoms with E-state index in [9.17, 15) is 5.26 Å². The number of aromatic amines is 1. The molecule has 92 valence electrons. The number of hydrogen-bond acceptors (Lipinski definition) is 2. The van der Waals surface area contributed by atoms with Gasteiger partial charge in [0.25, 0.3) is 0 Å². The summed E-state index contributed by atoms with van der Waals surface area (Å²) in [4.78, 5) is 7.74. The van der Waals surface area contributed by atoms with Crippen molar-refractivity contribution in [2.75, 3.05) is 0 Å². The Balaban J connectivity index is 1.92. The monoisotopic (exact) mass is 247 g/mol. The van der Waals surface area contributed by atoms with Gasteiger partial charge in [0.1, 0.15) is 11.7 Å². The zero-order valence-corrected chi connectivity index (χ0v) is 10.4. The molecule has 1 N–H and O–H groups in total. The minimum Gasteiger partial charge on any atom is -0.341 e. The lowest BCUT2D eigenvalue weighted by molar-refractivity contribution is 0.794. The summed E-state index contributed by atoms with van der Waals surface area (Å²) in [5.74, 6) is 0.502. The van der Waals surface area contributed by atoms with Crippen LogP contribution in [0.4, 0.5) is 0 Å². The van der Waals surface area contributed by atoms with Gasteiger partial charge >= 0.3 is 0 Å². The van der Waals surface area contributed by atoms with Crippen LogP contribution >= 0.6 is 0 Å². The van der Waals surface area contributed by atoms with Crippen LogP contribution in [0.3, 0.4) is 0 Å². The fraction of sp³-hybridized carbons (Fsp3) is 0.125. The van der Waals surface area contributed by atoms with Crippen LogP contribution in [0.5, 0.6) is 0 Å². The molecular weight excluding hydrogens is 234 g/mol. The van der Waals surface area contributed by atoms with Crippen LogP contribution in [0.2, 0.25) is 0 Å². The lowest BCUT2D eigenvalue weighted by atomic mass is 10.0. The first-order valence-electron chi connectivity index (χ1n) is 6.25. The van der Waals surface area contributed by atoms with Crippen molar-refractivity contribution in [1.82, 2.24) is 9.97 Å². The van der Waals surface area contributed by atoms with E-state index < -0.39 is 0 Å². The van der Waals surface area contributed by atoms with E-state index in [4.69, 9.17) is 0 Å². The van der Waals surface area contributed by atoms with E-state index in [0.29, 0.717) is 6.42 Å². The minimum absolute atomic E-state index is 0.241. The third-order valence-corrected chi connectivity index (χ3v) is 3.18. The number of nitrogens with zero attached hydrogens (tertiary/aromatic N) is 2. The number of nitrogens with one attached hydrogen (secondary N) is 1. The maximum absolute atomic E-state index is 9.36. The standard InChI is InChI=1S/C16H13N3/c17-11-13(10-12-6-2-1-3-7-12)16-18-14-8-4-5-9-15(14)19-16/h1-9,13H,10H2,(H,18,19). The summed E-state index contributed by atoms with van der Waals surface area (Å²) in [5, 5.41) is 9.36. The predicted octanol–water partition coefficient (Wildman–Crippen LogP) is 3.41. The molecule has 0 aliphatic heterocycles. The second-order valence-electron chi connectivity index (χ2n) is 4.51. The molecule has 1 aromatic heterocycles. The molecule has 2 aromatic carbocycles. The summed E-state index contributed by atoms with van der Waals surface area (Å²) in [6.07, 6.45) is 0.678. The van der Waals surface area contributed by atoms with Gasteiger partial charge in [0.05, 0.1) is 17.1 Å². The molecule has 1 unspecified atom stereocenters. The van der Waals surface area contributed by atoms with Gasteiger partial charge in [-0.05, 0) is 24.1 Å². The highest BCUT2D eigenvalue weighted by Gasteiger charge is 2.15. The van der Waals surface area contributed by atoms with Crippen molar-refractivity contribution in [3.05, 3.63) is 66.0 Å². The van der Waals surface area contributed by atoms with Gasteiger partial charge in [-0.2, -0.15) is 5.26 Å². The number of imidazole rings is 1. The molecule has 1 atom stereocenters. The van der Waals surface area contributed by atoms with Gasteiger partial charge in [-0.15, -0.1) is 0 Å². The fourth-order valence-electron chi connectivity index (χ4n) is 2.19. The first-order chi connectivity index (χ1) is 9.36. The Hall–Kier alpha value is -2.60. The first kappa shape index (κ1) is 11.5. The van der Waals surface area contributed by atoms with E-state index in [2.05, 4.69) is 16.0 Å². The van der Waals surface area contributed by atoms with Gasteiger partial charge in [0, 0.05) is 0 Å². The van der Waals surface area contributed by atoms with Crippen LogP contribution in [0.1, 0.15) is 17.3 Å². The van der Waals surface area contributed by atoms with Crippen LogP contribution in [0.25, 0.3) is 11.0 Å². The Labute approximate surface area is 111 Å². The average Bonchev–Trinajstić information content (AvgIpc) is 2.89. The highest BCUT2D eigenvalue weighted by Crippen LogP contribution is 2.20. The average molecular weight is 247 g/mol. The number of benzene rings is 2. The molecule has 3 nitrogen and oxygen atoms in total. The summed E-state index contributed by atoms with van der Waals surface area (Å²) in [7, 11) is 0. The molecule has 3 heteroatoms. The molecule has 0 fully saturated rings. The molecule has 0 saturated heterocycles. The summed E-state index contributed by atoms with van der Waals surface area (Å²) in [6.45, 7) is 0. The largest absolute Gasteiger partial charge is 0.341 e. The van der Waals surface area contributed by atoms with Crippen LogP contribution in [0.15, 0.2) is 54.6 Å². The van der Waals surface area contributed by atoms with Crippen LogP contribution in [0, 0.1) is 11.3 Å². The Bertz CT molecular complexity index is 689. The van der Waals surface area contributed by atoms with Crippen molar-refractivity contribution in [3.8, 4) is 6.07 Å². The second kappa shape index (κ2) is 4.95. The predicted molar refractivity (Wildman–Crippen MR) is 74.6 cm³/mol. The second-order valence-corrected chi connectivity index (χ2v) is 4.51. The van der Waals surface area contributed by atoms with E-state index in [-0.39, 0.29) is 5.92 Å². The molecule has 0 aliphatic rings. The van der Waals surface area contributed by atoms with Crippen molar-refractivity contribution in [2.45, 2.75) is 12.3 Å². The fourth-order valence-corrected chi connectivity index (χ4v) is 2.19. The topological polar surface area (TPSA) is 52.5 Å². The van der Waals surface area contributed by atoms with Crippen molar-refractivity contribution >= 4 is 11.0 Å². The van der Waals surface area contributed by atoms with Gasteiger partial charge < -0.3 is 4.98 Å². The number of fused-ring (bicyclic) bond motifs is 1. The molecule has 0 aliphatic carbocycles. The van der Waals surface area contributed by atoms with Crippen molar-refractivity contribution in [2.24, 2.45) is 0 Å². The Morgan fingerprint density at radius 2 is 1.79 bits per heavy atom. The normalized spacial score (nSPS) is 12.2. The molecule has 3 aromatic rings. The van der Waals surface area contributed by atoms with E-state index in [1.54, 1.807) is 0 Å². The van der Waals surface area contributed by atoms with E-state index in [1.807, 2.05) is 54.6 Å². The minimum atomic E-state index is -0.241. The van der Waals surface area contributed by atoms with Crippen molar-refractivity contribution in [3.63, 3.8) is 0 Å². The Morgan fingerprint density at radius 1 is 1.05 bits per heavy atom. The van der Waals surface area contributed by atoms with Crippen LogP contribution in [-0.4, -0.2) is 9.97 Å². The van der Waals surface area contributed by atoms with E-state index in [0.717, 1.165) is 22.4 Å². The smallest absolute Gasteiger partial charge is 0.124 e. The van der Waals surface area contributed by atoms with Gasteiger partial charge in [-0.25, -0.2) is 4.98 Å². The molecule has 3 rings (SSSR count). The summed E-state index contributed by atoms with van der Waals surface area (Å²) in [5.41, 5.74) is 3.03. The van der Waals surface area contributed by atoms with Gasteiger partial charge in [0.15, 0.2) is 0 Å². The summed E-state index contributed by atoms with van der Waals surface area (Å²) in [6, 6.07) is 20.2. The molecule has 1 heterocycles. The zero-order valence-electron chi connectivity index (χ0n) is 10.4. The number of H-pyrrole nitrogens is 1. The molecule has 19 heavy (non-hydrogen) atoms. The lowest BCUT2D eigenvalue weighted by Gasteiger charge is -2.05. The highest BCUT2D eigenvalue weighted by molar-refractivity contribution is 5.74. The maximum atomic E-state index is 9.36. The van der Waals surface area contributed by atoms with Gasteiger partial charge in [-0.3, -0.25) is 0 Å². The van der Waals surface area contributed by atoms with Crippen molar-refractivity contribution in [1.29, 1.82) is 5.26 Å². The number of aromatic nitrogens is 2. The number of para-hydroxylation sites is 2. The van der Waals surface area contributed by atoms with Crippen LogP contribution < -0.4 is 0 Å². The van der Waals surface area contributed by atoms with E-state index >= 15 is 0 Å². The number of rotatable bonds is 3. The van der Waals surface area contributed by atoms with Gasteiger partial charge in [-0.1, -0.05) is 42.5 Å². The molecular formula is C16H13N3. The molecule has 0 spiro atoms. The highest BCUT2D eigenvalue weighted by atomic mass is 14.9. The van der Waals surface area contributed by atoms with E-state index in [1.165, 1.54) is 0 Å². The number of hydrogen-bond donors (Lipinski definition) is 1. The Kier molecular flexibility index (Phi) is 2.99. The molecule has 0 amide bonds. The summed E-state index contributed by atoms with van der Waals surface area (Å²) >= 11 is 0. The first-order valence-corrected chi connectivity index (χ1v) is 6.25. The SMILES string of the molecule is N#CC(Cc1ccccc1)c1nc2ccccc2[nH]1. The lowest BCUT2D eigenvalue weighted by Crippen LogP contribution is -2.02. The zero-order chi connectivity index (χ0) is 13.1. The molecule has 0 bridgehead atoms. The molecule has 0 saturated carbocycles. The number of nitriles is 1. The Morgan fingerprint density at radius 3 is 2.53 bits per heavy atom. The molecule has 0 radical (unpaired) electrons. The quantitative estimate of drug-likeness (QED) is 0.771. The summed E-state index contributed by atoms with van der Waals surface area (Å²) < 4.78 is 0. The maximum Gasteiger partial charge on any atom is 0.124 e. The third kappa shape index (κ3) is 2.34. The van der Waals surface area contributed by atoms with Crippen molar-refractivity contribution < 1.29 is 0 Å². The van der Waals surface area contributed by atoms with Gasteiger partial charge in [0.2, 0.25) is 0 Å².